The van der Waals surface area contributed by atoms with Crippen LogP contribution in [0.2, 0.25) is 0 Å². The number of hydrogen-bond donors (Lipinski definition) is 2. The molecule has 1 nitrogen and oxygen atoms in total. The normalized spacial score (nSPS) is 12.0. The Labute approximate surface area is 57.3 Å². The lowest BCUT2D eigenvalue weighted by Crippen LogP contribution is -2.36. The summed E-state index contributed by atoms with van der Waals surface area (Å²) in [7, 11) is 0. The van der Waals surface area contributed by atoms with Crippen molar-refractivity contribution in [3.63, 3.8) is 0 Å². The maximum Gasteiger partial charge on any atom is 0.00968 e. The summed E-state index contributed by atoms with van der Waals surface area (Å²) in [5.74, 6) is 0.914. The van der Waals surface area contributed by atoms with Crippen molar-refractivity contribution >= 4 is 12.6 Å². The lowest BCUT2D eigenvalue weighted by Gasteiger charge is -2.19. The van der Waals surface area contributed by atoms with Crippen LogP contribution in [0.25, 0.3) is 0 Å². The molecule has 8 heavy (non-hydrogen) atoms. The largest absolute Gasteiger partial charge is 0.311 e. The van der Waals surface area contributed by atoms with Crippen molar-refractivity contribution in [2.45, 2.75) is 26.3 Å². The zero-order valence-corrected chi connectivity index (χ0v) is 6.76. The lowest BCUT2D eigenvalue weighted by atomic mass is 10.1. The fourth-order valence-corrected chi connectivity index (χ4v) is 0.543. The van der Waals surface area contributed by atoms with E-state index < -0.39 is 0 Å². The molecule has 0 bridgehead atoms. The quantitative estimate of drug-likeness (QED) is 0.541. The molecule has 0 amide bonds. The highest BCUT2D eigenvalue weighted by molar-refractivity contribution is 7.80. The van der Waals surface area contributed by atoms with Gasteiger partial charge in [-0.15, -0.1) is 0 Å². The molecule has 0 saturated carbocycles. The molecule has 0 saturated heterocycles. The molecule has 0 aromatic heterocycles. The van der Waals surface area contributed by atoms with E-state index in [1.165, 1.54) is 0 Å². The van der Waals surface area contributed by atoms with Crippen molar-refractivity contribution in [3.05, 3.63) is 0 Å². The Bertz CT molecular complexity index is 56.0. The smallest absolute Gasteiger partial charge is 0.00968 e. The third kappa shape index (κ3) is 6.31. The summed E-state index contributed by atoms with van der Waals surface area (Å²) in [6.07, 6.45) is 0. The molecule has 50 valence electrons. The first kappa shape index (κ1) is 8.31. The molecular weight excluding hydrogens is 118 g/mol. The van der Waals surface area contributed by atoms with Crippen LogP contribution >= 0.6 is 12.6 Å². The molecule has 0 unspecified atom stereocenters. The first-order valence-corrected chi connectivity index (χ1v) is 3.55. The minimum atomic E-state index is 0.253. The van der Waals surface area contributed by atoms with E-state index in [1.807, 2.05) is 0 Å². The van der Waals surface area contributed by atoms with Gasteiger partial charge in [0.05, 0.1) is 0 Å². The van der Waals surface area contributed by atoms with E-state index in [9.17, 15) is 0 Å². The van der Waals surface area contributed by atoms with Crippen molar-refractivity contribution in [1.29, 1.82) is 0 Å². The zero-order chi connectivity index (χ0) is 6.62. The van der Waals surface area contributed by atoms with Crippen LogP contribution in [0.3, 0.4) is 0 Å². The van der Waals surface area contributed by atoms with Gasteiger partial charge in [0.2, 0.25) is 0 Å². The van der Waals surface area contributed by atoms with Crippen LogP contribution in [0.15, 0.2) is 0 Å². The van der Waals surface area contributed by atoms with E-state index in [4.69, 9.17) is 0 Å². The SMILES string of the molecule is CC(C)(C)NCCS. The van der Waals surface area contributed by atoms with Gasteiger partial charge < -0.3 is 5.32 Å². The summed E-state index contributed by atoms with van der Waals surface area (Å²) < 4.78 is 0. The monoisotopic (exact) mass is 133 g/mol. The third-order valence-electron chi connectivity index (χ3n) is 0.767. The topological polar surface area (TPSA) is 12.0 Å². The van der Waals surface area contributed by atoms with Crippen LogP contribution in [0.1, 0.15) is 20.8 Å². The Morgan fingerprint density at radius 2 is 1.88 bits per heavy atom. The van der Waals surface area contributed by atoms with Crippen molar-refractivity contribution in [3.8, 4) is 0 Å². The van der Waals surface area contributed by atoms with Gasteiger partial charge in [-0.1, -0.05) is 0 Å². The fraction of sp³-hybridized carbons (Fsp3) is 1.00. The van der Waals surface area contributed by atoms with Crippen molar-refractivity contribution in [1.82, 2.24) is 5.32 Å². The second-order valence-electron chi connectivity index (χ2n) is 2.90. The molecule has 2 heteroatoms. The molecule has 0 atom stereocenters. The highest BCUT2D eigenvalue weighted by atomic mass is 32.1. The van der Waals surface area contributed by atoms with E-state index in [0.717, 1.165) is 12.3 Å². The molecule has 0 aliphatic carbocycles. The van der Waals surface area contributed by atoms with Gasteiger partial charge in [-0.05, 0) is 20.8 Å². The lowest BCUT2D eigenvalue weighted by molar-refractivity contribution is 0.441. The Morgan fingerprint density at radius 3 is 2.00 bits per heavy atom. The second-order valence-corrected chi connectivity index (χ2v) is 3.35. The molecule has 0 aromatic carbocycles. The summed E-state index contributed by atoms with van der Waals surface area (Å²) in [6, 6.07) is 0. The minimum Gasteiger partial charge on any atom is -0.311 e. The number of hydrogen-bond acceptors (Lipinski definition) is 2. The number of nitrogens with one attached hydrogen (secondary N) is 1. The summed E-state index contributed by atoms with van der Waals surface area (Å²) in [5, 5.41) is 3.30. The summed E-state index contributed by atoms with van der Waals surface area (Å²) >= 11 is 4.07. The van der Waals surface area contributed by atoms with Crippen LogP contribution in [0.4, 0.5) is 0 Å². The van der Waals surface area contributed by atoms with Gasteiger partial charge >= 0.3 is 0 Å². The van der Waals surface area contributed by atoms with Gasteiger partial charge in [0, 0.05) is 17.8 Å². The van der Waals surface area contributed by atoms with Gasteiger partial charge in [0.25, 0.3) is 0 Å². The Morgan fingerprint density at radius 1 is 1.38 bits per heavy atom. The van der Waals surface area contributed by atoms with Crippen molar-refractivity contribution in [2.24, 2.45) is 0 Å². The molecule has 0 heterocycles. The third-order valence-corrected chi connectivity index (χ3v) is 0.991. The summed E-state index contributed by atoms with van der Waals surface area (Å²) in [6.45, 7) is 7.44. The van der Waals surface area contributed by atoms with E-state index in [0.29, 0.717) is 0 Å². The molecule has 0 aromatic rings. The van der Waals surface area contributed by atoms with Gasteiger partial charge in [-0.25, -0.2) is 0 Å². The fourth-order valence-electron chi connectivity index (χ4n) is 0.431. The zero-order valence-electron chi connectivity index (χ0n) is 5.86. The molecule has 0 aliphatic heterocycles. The first-order valence-electron chi connectivity index (χ1n) is 2.92. The molecule has 0 radical (unpaired) electrons. The maximum atomic E-state index is 4.07. The average Bonchev–Trinajstić information content (AvgIpc) is 1.59. The molecule has 1 N–H and O–H groups in total. The predicted octanol–water partition coefficient (Wildman–Crippen LogP) is 1.30. The molecule has 0 spiro atoms. The van der Waals surface area contributed by atoms with E-state index in [2.05, 4.69) is 38.7 Å². The molecule has 0 rings (SSSR count). The molecular formula is C6H15NS. The van der Waals surface area contributed by atoms with E-state index in [-0.39, 0.29) is 5.54 Å². The van der Waals surface area contributed by atoms with E-state index >= 15 is 0 Å². The minimum absolute atomic E-state index is 0.253. The van der Waals surface area contributed by atoms with Crippen molar-refractivity contribution in [2.75, 3.05) is 12.3 Å². The Balaban J connectivity index is 3.11. The van der Waals surface area contributed by atoms with Crippen LogP contribution in [0, 0.1) is 0 Å². The second kappa shape index (κ2) is 3.36. The Kier molecular flexibility index (Phi) is 3.49. The summed E-state index contributed by atoms with van der Waals surface area (Å²) in [5.41, 5.74) is 0.253. The van der Waals surface area contributed by atoms with Gasteiger partial charge in [-0.3, -0.25) is 0 Å². The highest BCUT2D eigenvalue weighted by Crippen LogP contribution is 1.96. The van der Waals surface area contributed by atoms with Crippen LogP contribution in [-0.2, 0) is 0 Å². The van der Waals surface area contributed by atoms with E-state index in [1.54, 1.807) is 0 Å². The molecule has 0 aliphatic rings. The standard InChI is InChI=1S/C6H15NS/c1-6(2,3)7-4-5-8/h7-8H,4-5H2,1-3H3. The van der Waals surface area contributed by atoms with Gasteiger partial charge in [0.15, 0.2) is 0 Å². The van der Waals surface area contributed by atoms with Crippen LogP contribution < -0.4 is 5.32 Å². The van der Waals surface area contributed by atoms with Gasteiger partial charge in [-0.2, -0.15) is 12.6 Å². The van der Waals surface area contributed by atoms with Crippen molar-refractivity contribution < 1.29 is 0 Å². The van der Waals surface area contributed by atoms with Crippen LogP contribution in [-0.4, -0.2) is 17.8 Å². The highest BCUT2D eigenvalue weighted by Gasteiger charge is 2.05. The summed E-state index contributed by atoms with van der Waals surface area (Å²) in [4.78, 5) is 0. The predicted molar refractivity (Wildman–Crippen MR) is 41.6 cm³/mol. The Hall–Kier alpha value is 0.310. The first-order chi connectivity index (χ1) is 3.56. The molecule has 0 fully saturated rings. The van der Waals surface area contributed by atoms with Crippen LogP contribution in [0.5, 0.6) is 0 Å². The number of rotatable bonds is 2. The van der Waals surface area contributed by atoms with Gasteiger partial charge in [0.1, 0.15) is 0 Å². The maximum absolute atomic E-state index is 4.07. The number of thiol groups is 1. The average molecular weight is 133 g/mol.